The Morgan fingerprint density at radius 3 is 2.74 bits per heavy atom. The van der Waals surface area contributed by atoms with Gasteiger partial charge in [0.15, 0.2) is 0 Å². The molecule has 2 saturated carbocycles. The molecule has 19 heavy (non-hydrogen) atoms. The van der Waals surface area contributed by atoms with Crippen LogP contribution in [0.15, 0.2) is 4.52 Å². The number of carbonyl (C=O) groups is 1. The monoisotopic (exact) mass is 266 g/mol. The summed E-state index contributed by atoms with van der Waals surface area (Å²) in [5, 5.41) is 13.0. The molecule has 0 saturated heterocycles. The van der Waals surface area contributed by atoms with Crippen LogP contribution in [0.1, 0.15) is 56.2 Å². The Bertz CT molecular complexity index is 479. The van der Waals surface area contributed by atoms with Crippen molar-refractivity contribution >= 4 is 5.97 Å². The first-order chi connectivity index (χ1) is 9.16. The maximum Gasteiger partial charge on any atom is 0.307 e. The quantitative estimate of drug-likeness (QED) is 0.897. The highest BCUT2D eigenvalue weighted by atomic mass is 16.5. The molecule has 1 aromatic rings. The van der Waals surface area contributed by atoms with Crippen LogP contribution in [0.25, 0.3) is 0 Å². The molecule has 2 aliphatic rings. The molecule has 2 aliphatic carbocycles. The Hall–Kier alpha value is -1.43. The molecule has 0 radical (unpaired) electrons. The smallest absolute Gasteiger partial charge is 0.307 e. The fourth-order valence-corrected chi connectivity index (χ4v) is 2.95. The molecule has 3 rings (SSSR count). The topological polar surface area (TPSA) is 85.5 Å². The third kappa shape index (κ3) is 2.14. The van der Waals surface area contributed by atoms with E-state index in [2.05, 4.69) is 10.1 Å². The first-order valence-electron chi connectivity index (χ1n) is 6.78. The largest absolute Gasteiger partial charge is 0.481 e. The van der Waals surface area contributed by atoms with Gasteiger partial charge in [0.25, 0.3) is 0 Å². The Kier molecular flexibility index (Phi) is 3.05. The molecule has 6 heteroatoms. The second-order valence-electron chi connectivity index (χ2n) is 5.50. The zero-order chi connectivity index (χ0) is 13.5. The van der Waals surface area contributed by atoms with Crippen LogP contribution in [0.4, 0.5) is 0 Å². The van der Waals surface area contributed by atoms with Crippen molar-refractivity contribution in [3.8, 4) is 0 Å². The summed E-state index contributed by atoms with van der Waals surface area (Å²) in [6, 6.07) is 0. The number of aliphatic carboxylic acids is 1. The van der Waals surface area contributed by atoms with Crippen molar-refractivity contribution in [3.63, 3.8) is 0 Å². The minimum atomic E-state index is -0.788. The highest BCUT2D eigenvalue weighted by molar-refractivity contribution is 5.74. The number of hydrogen-bond acceptors (Lipinski definition) is 5. The molecule has 1 heterocycles. The number of aromatic nitrogens is 2. The molecule has 0 bridgehead atoms. The van der Waals surface area contributed by atoms with Crippen molar-refractivity contribution in [2.45, 2.75) is 50.0 Å². The molecule has 2 unspecified atom stereocenters. The lowest BCUT2D eigenvalue weighted by molar-refractivity contribution is -0.138. The number of carboxylic acids is 1. The highest BCUT2D eigenvalue weighted by Gasteiger charge is 2.49. The SMILES string of the molecule is COC1(c2noc(C3CC3C(=O)O)n2)CCCCC1. The minimum Gasteiger partial charge on any atom is -0.481 e. The van der Waals surface area contributed by atoms with E-state index in [-0.39, 0.29) is 11.8 Å². The third-order valence-electron chi connectivity index (χ3n) is 4.33. The molecule has 1 aromatic heterocycles. The summed E-state index contributed by atoms with van der Waals surface area (Å²) in [6.07, 6.45) is 5.79. The maximum absolute atomic E-state index is 10.9. The number of hydrogen-bond donors (Lipinski definition) is 1. The van der Waals surface area contributed by atoms with Gasteiger partial charge < -0.3 is 14.4 Å². The molecule has 0 amide bonds. The first-order valence-corrected chi connectivity index (χ1v) is 6.78. The van der Waals surface area contributed by atoms with Crippen molar-refractivity contribution < 1.29 is 19.2 Å². The second-order valence-corrected chi connectivity index (χ2v) is 5.50. The van der Waals surface area contributed by atoms with Gasteiger partial charge in [-0.1, -0.05) is 24.4 Å². The van der Waals surface area contributed by atoms with E-state index in [1.807, 2.05) is 0 Å². The van der Waals surface area contributed by atoms with Crippen molar-refractivity contribution in [2.24, 2.45) is 5.92 Å². The highest BCUT2D eigenvalue weighted by Crippen LogP contribution is 2.47. The van der Waals surface area contributed by atoms with Gasteiger partial charge in [-0.2, -0.15) is 4.98 Å². The van der Waals surface area contributed by atoms with E-state index in [0.717, 1.165) is 25.7 Å². The summed E-state index contributed by atoms with van der Waals surface area (Å²) >= 11 is 0. The molecular weight excluding hydrogens is 248 g/mol. The fraction of sp³-hybridized carbons (Fsp3) is 0.769. The zero-order valence-corrected chi connectivity index (χ0v) is 11.0. The van der Waals surface area contributed by atoms with E-state index in [1.54, 1.807) is 7.11 Å². The van der Waals surface area contributed by atoms with Gasteiger partial charge in [0.1, 0.15) is 5.60 Å². The summed E-state index contributed by atoms with van der Waals surface area (Å²) in [5.41, 5.74) is -0.437. The Balaban J connectivity index is 1.79. The lowest BCUT2D eigenvalue weighted by atomic mass is 9.84. The van der Waals surface area contributed by atoms with Crippen molar-refractivity contribution in [1.29, 1.82) is 0 Å². The van der Waals surface area contributed by atoms with E-state index in [4.69, 9.17) is 14.4 Å². The van der Waals surface area contributed by atoms with Crippen LogP contribution in [-0.2, 0) is 15.1 Å². The lowest BCUT2D eigenvalue weighted by Crippen LogP contribution is -2.32. The van der Waals surface area contributed by atoms with Gasteiger partial charge in [-0.25, -0.2) is 0 Å². The number of carboxylic acid groups (broad SMARTS) is 1. The summed E-state index contributed by atoms with van der Waals surface area (Å²) in [4.78, 5) is 15.3. The van der Waals surface area contributed by atoms with Crippen LogP contribution in [0.3, 0.4) is 0 Å². The normalized spacial score (nSPS) is 29.1. The van der Waals surface area contributed by atoms with Gasteiger partial charge in [-0.15, -0.1) is 0 Å². The molecule has 2 fully saturated rings. The van der Waals surface area contributed by atoms with E-state index in [9.17, 15) is 4.79 Å². The number of methoxy groups -OCH3 is 1. The lowest BCUT2D eigenvalue weighted by Gasteiger charge is -2.32. The standard InChI is InChI=1S/C13H18N2O4/c1-18-13(5-3-2-4-6-13)12-14-10(19-15-12)8-7-9(8)11(16)17/h8-9H,2-7H2,1H3,(H,16,17). The number of rotatable bonds is 4. The molecule has 6 nitrogen and oxygen atoms in total. The molecular formula is C13H18N2O4. The van der Waals surface area contributed by atoms with Gasteiger partial charge in [-0.3, -0.25) is 4.79 Å². The van der Waals surface area contributed by atoms with Crippen molar-refractivity contribution in [2.75, 3.05) is 7.11 Å². The van der Waals surface area contributed by atoms with Crippen LogP contribution in [0, 0.1) is 5.92 Å². The fourth-order valence-electron chi connectivity index (χ4n) is 2.95. The van der Waals surface area contributed by atoms with Crippen LogP contribution in [-0.4, -0.2) is 28.3 Å². The van der Waals surface area contributed by atoms with Gasteiger partial charge >= 0.3 is 5.97 Å². The van der Waals surface area contributed by atoms with E-state index in [1.165, 1.54) is 6.42 Å². The Labute approximate surface area is 111 Å². The summed E-state index contributed by atoms with van der Waals surface area (Å²) < 4.78 is 10.9. The van der Waals surface area contributed by atoms with Gasteiger partial charge in [0.2, 0.25) is 11.7 Å². The molecule has 104 valence electrons. The van der Waals surface area contributed by atoms with Gasteiger partial charge in [-0.05, 0) is 19.3 Å². The van der Waals surface area contributed by atoms with E-state index in [0.29, 0.717) is 18.1 Å². The van der Waals surface area contributed by atoms with Crippen molar-refractivity contribution in [1.82, 2.24) is 10.1 Å². The third-order valence-corrected chi connectivity index (χ3v) is 4.33. The zero-order valence-electron chi connectivity index (χ0n) is 11.0. The predicted octanol–water partition coefficient (Wildman–Crippen LogP) is 2.06. The Morgan fingerprint density at radius 1 is 1.42 bits per heavy atom. The average Bonchev–Trinajstić information content (AvgIpc) is 3.09. The summed E-state index contributed by atoms with van der Waals surface area (Å²) in [6.45, 7) is 0. The molecule has 1 N–H and O–H groups in total. The summed E-state index contributed by atoms with van der Waals surface area (Å²) in [5.74, 6) is -0.233. The summed E-state index contributed by atoms with van der Waals surface area (Å²) in [7, 11) is 1.68. The van der Waals surface area contributed by atoms with E-state index < -0.39 is 11.6 Å². The molecule has 0 aliphatic heterocycles. The number of nitrogens with zero attached hydrogens (tertiary/aromatic N) is 2. The minimum absolute atomic E-state index is 0.115. The predicted molar refractivity (Wildman–Crippen MR) is 64.6 cm³/mol. The number of ether oxygens (including phenoxy) is 1. The molecule has 2 atom stereocenters. The maximum atomic E-state index is 10.9. The first kappa shape index (κ1) is 12.6. The molecule has 0 aromatic carbocycles. The second kappa shape index (κ2) is 4.59. The van der Waals surface area contributed by atoms with Gasteiger partial charge in [0.05, 0.1) is 11.8 Å². The Morgan fingerprint density at radius 2 is 2.16 bits per heavy atom. The van der Waals surface area contributed by atoms with Crippen LogP contribution < -0.4 is 0 Å². The average molecular weight is 266 g/mol. The van der Waals surface area contributed by atoms with Gasteiger partial charge in [0, 0.05) is 7.11 Å². The van der Waals surface area contributed by atoms with E-state index >= 15 is 0 Å². The van der Waals surface area contributed by atoms with Crippen molar-refractivity contribution in [3.05, 3.63) is 11.7 Å². The van der Waals surface area contributed by atoms with Crippen LogP contribution in [0.2, 0.25) is 0 Å². The molecule has 0 spiro atoms. The van der Waals surface area contributed by atoms with Crippen LogP contribution in [0.5, 0.6) is 0 Å². The van der Waals surface area contributed by atoms with Crippen LogP contribution >= 0.6 is 0 Å².